The molecule has 2 rings (SSSR count). The molecule has 0 radical (unpaired) electrons. The molecule has 1 unspecified atom stereocenters. The zero-order valence-electron chi connectivity index (χ0n) is 13.8. The van der Waals surface area contributed by atoms with Crippen LogP contribution in [0.25, 0.3) is 0 Å². The molecule has 0 spiro atoms. The lowest BCUT2D eigenvalue weighted by Crippen LogP contribution is -2.34. The lowest BCUT2D eigenvalue weighted by Gasteiger charge is -2.21. The van der Waals surface area contributed by atoms with Crippen molar-refractivity contribution in [3.8, 4) is 0 Å². The van der Waals surface area contributed by atoms with Gasteiger partial charge in [0.1, 0.15) is 5.60 Å². The smallest absolute Gasteiger partial charge is 0.407 e. The Bertz CT molecular complexity index is 495. The van der Waals surface area contributed by atoms with Crippen LogP contribution in [0.15, 0.2) is 30.3 Å². The first-order valence-electron chi connectivity index (χ1n) is 7.96. The number of rotatable bonds is 6. The third kappa shape index (κ3) is 4.73. The van der Waals surface area contributed by atoms with Gasteiger partial charge in [-0.25, -0.2) is 4.79 Å². The molecule has 1 aliphatic carbocycles. The number of amides is 1. The standard InChI is InChI=1S/C18H27NO3/c1-17(2,3)22-16(21)19-10-9-18(12-15(18)13-20)11-14-7-5-4-6-8-14/h4-8,15,20H,9-13H2,1-3H3,(H,19,21)/t15-,18?/m0/s1. The Morgan fingerprint density at radius 1 is 1.36 bits per heavy atom. The Morgan fingerprint density at radius 3 is 2.59 bits per heavy atom. The molecule has 1 fully saturated rings. The lowest BCUT2D eigenvalue weighted by molar-refractivity contribution is 0.0523. The first kappa shape index (κ1) is 16.8. The number of benzene rings is 1. The van der Waals surface area contributed by atoms with Gasteiger partial charge in [0, 0.05) is 13.2 Å². The minimum Gasteiger partial charge on any atom is -0.444 e. The van der Waals surface area contributed by atoms with Crippen molar-refractivity contribution in [3.05, 3.63) is 35.9 Å². The number of ether oxygens (including phenoxy) is 1. The minimum absolute atomic E-state index is 0.116. The Morgan fingerprint density at radius 2 is 2.05 bits per heavy atom. The molecule has 1 aromatic carbocycles. The van der Waals surface area contributed by atoms with Gasteiger partial charge in [-0.1, -0.05) is 30.3 Å². The van der Waals surface area contributed by atoms with Crippen LogP contribution >= 0.6 is 0 Å². The van der Waals surface area contributed by atoms with Gasteiger partial charge < -0.3 is 15.2 Å². The second-order valence-corrected chi connectivity index (χ2v) is 7.29. The maximum absolute atomic E-state index is 11.7. The van der Waals surface area contributed by atoms with E-state index in [4.69, 9.17) is 4.74 Å². The molecule has 1 aromatic rings. The number of aliphatic hydroxyl groups is 1. The van der Waals surface area contributed by atoms with Crippen LogP contribution in [0.5, 0.6) is 0 Å². The van der Waals surface area contributed by atoms with E-state index in [1.165, 1.54) is 5.56 Å². The number of nitrogens with one attached hydrogen (secondary N) is 1. The summed E-state index contributed by atoms with van der Waals surface area (Å²) < 4.78 is 5.24. The molecule has 1 saturated carbocycles. The predicted molar refractivity (Wildman–Crippen MR) is 86.6 cm³/mol. The van der Waals surface area contributed by atoms with Crippen LogP contribution in [0, 0.1) is 11.3 Å². The van der Waals surface area contributed by atoms with Crippen molar-refractivity contribution < 1.29 is 14.6 Å². The highest BCUT2D eigenvalue weighted by Gasteiger charge is 2.52. The van der Waals surface area contributed by atoms with Gasteiger partial charge in [-0.15, -0.1) is 0 Å². The second kappa shape index (κ2) is 6.69. The largest absolute Gasteiger partial charge is 0.444 e. The SMILES string of the molecule is CC(C)(C)OC(=O)NCCC1(Cc2ccccc2)C[C@H]1CO. The number of hydrogen-bond donors (Lipinski definition) is 2. The van der Waals surface area contributed by atoms with Gasteiger partial charge in [0.25, 0.3) is 0 Å². The summed E-state index contributed by atoms with van der Waals surface area (Å²) in [6.45, 7) is 6.36. The average Bonchev–Trinajstić information content (AvgIpc) is 3.11. The van der Waals surface area contributed by atoms with E-state index in [0.29, 0.717) is 12.5 Å². The van der Waals surface area contributed by atoms with Gasteiger partial charge >= 0.3 is 6.09 Å². The molecule has 0 heterocycles. The highest BCUT2D eigenvalue weighted by atomic mass is 16.6. The Labute approximate surface area is 132 Å². The minimum atomic E-state index is -0.473. The molecular formula is C18H27NO3. The first-order chi connectivity index (χ1) is 10.3. The van der Waals surface area contributed by atoms with Crippen LogP contribution in [0.4, 0.5) is 4.79 Å². The molecule has 0 aliphatic heterocycles. The van der Waals surface area contributed by atoms with Crippen molar-refractivity contribution in [1.82, 2.24) is 5.32 Å². The molecule has 1 amide bonds. The molecule has 122 valence electrons. The fraction of sp³-hybridized carbons (Fsp3) is 0.611. The van der Waals surface area contributed by atoms with E-state index in [1.54, 1.807) is 0 Å². The Balaban J connectivity index is 1.84. The summed E-state index contributed by atoms with van der Waals surface area (Å²) in [7, 11) is 0. The third-order valence-corrected chi connectivity index (χ3v) is 4.27. The summed E-state index contributed by atoms with van der Waals surface area (Å²) in [5.74, 6) is 0.341. The van der Waals surface area contributed by atoms with Gasteiger partial charge in [0.15, 0.2) is 0 Å². The summed E-state index contributed by atoms with van der Waals surface area (Å²) in [6.07, 6.45) is 2.47. The van der Waals surface area contributed by atoms with Gasteiger partial charge in [-0.2, -0.15) is 0 Å². The zero-order chi connectivity index (χ0) is 16.2. The Kier molecular flexibility index (Phi) is 5.12. The van der Waals surface area contributed by atoms with E-state index in [9.17, 15) is 9.90 Å². The molecule has 4 nitrogen and oxygen atoms in total. The normalized spacial score (nSPS) is 23.9. The quantitative estimate of drug-likeness (QED) is 0.849. The highest BCUT2D eigenvalue weighted by Crippen LogP contribution is 2.56. The fourth-order valence-electron chi connectivity index (χ4n) is 3.03. The average molecular weight is 305 g/mol. The second-order valence-electron chi connectivity index (χ2n) is 7.29. The topological polar surface area (TPSA) is 58.6 Å². The summed E-state index contributed by atoms with van der Waals surface area (Å²) >= 11 is 0. The molecular weight excluding hydrogens is 278 g/mol. The molecule has 4 heteroatoms. The van der Waals surface area contributed by atoms with Crippen molar-refractivity contribution in [3.63, 3.8) is 0 Å². The van der Waals surface area contributed by atoms with Crippen LogP contribution in [0.3, 0.4) is 0 Å². The zero-order valence-corrected chi connectivity index (χ0v) is 13.8. The number of hydrogen-bond acceptors (Lipinski definition) is 3. The highest BCUT2D eigenvalue weighted by molar-refractivity contribution is 5.67. The molecule has 0 bridgehead atoms. The van der Waals surface area contributed by atoms with E-state index in [2.05, 4.69) is 17.4 Å². The maximum atomic E-state index is 11.7. The Hall–Kier alpha value is -1.55. The number of alkyl carbamates (subject to hydrolysis) is 1. The third-order valence-electron chi connectivity index (χ3n) is 4.27. The molecule has 1 aliphatic rings. The van der Waals surface area contributed by atoms with E-state index in [1.807, 2.05) is 39.0 Å². The van der Waals surface area contributed by atoms with Crippen LogP contribution in [0.2, 0.25) is 0 Å². The van der Waals surface area contributed by atoms with Crippen molar-refractivity contribution in [2.75, 3.05) is 13.2 Å². The number of carbonyl (C=O) groups is 1. The van der Waals surface area contributed by atoms with Gasteiger partial charge in [-0.05, 0) is 56.9 Å². The number of aliphatic hydroxyl groups excluding tert-OH is 1. The van der Waals surface area contributed by atoms with Crippen LogP contribution in [-0.4, -0.2) is 30.0 Å². The van der Waals surface area contributed by atoms with E-state index >= 15 is 0 Å². The molecule has 2 atom stereocenters. The van der Waals surface area contributed by atoms with Crippen molar-refractivity contribution in [2.24, 2.45) is 11.3 Å². The molecule has 0 aromatic heterocycles. The number of carbonyl (C=O) groups excluding carboxylic acids is 1. The van der Waals surface area contributed by atoms with Crippen LogP contribution in [-0.2, 0) is 11.2 Å². The lowest BCUT2D eigenvalue weighted by atomic mass is 9.90. The molecule has 0 saturated heterocycles. The van der Waals surface area contributed by atoms with E-state index < -0.39 is 5.60 Å². The van der Waals surface area contributed by atoms with Crippen LogP contribution in [0.1, 0.15) is 39.2 Å². The first-order valence-corrected chi connectivity index (χ1v) is 7.96. The van der Waals surface area contributed by atoms with Crippen molar-refractivity contribution >= 4 is 6.09 Å². The van der Waals surface area contributed by atoms with E-state index in [0.717, 1.165) is 19.3 Å². The summed E-state index contributed by atoms with van der Waals surface area (Å²) in [4.78, 5) is 11.7. The van der Waals surface area contributed by atoms with Crippen molar-refractivity contribution in [1.29, 1.82) is 0 Å². The summed E-state index contributed by atoms with van der Waals surface area (Å²) in [5.41, 5.74) is 0.931. The maximum Gasteiger partial charge on any atom is 0.407 e. The molecule has 2 N–H and O–H groups in total. The predicted octanol–water partition coefficient (Wildman–Crippen LogP) is 3.14. The molecule has 22 heavy (non-hydrogen) atoms. The van der Waals surface area contributed by atoms with Gasteiger partial charge in [0.05, 0.1) is 0 Å². The van der Waals surface area contributed by atoms with Gasteiger partial charge in [-0.3, -0.25) is 0 Å². The van der Waals surface area contributed by atoms with Crippen molar-refractivity contribution in [2.45, 2.75) is 45.6 Å². The van der Waals surface area contributed by atoms with Crippen LogP contribution < -0.4 is 5.32 Å². The fourth-order valence-corrected chi connectivity index (χ4v) is 3.03. The van der Waals surface area contributed by atoms with Gasteiger partial charge in [0.2, 0.25) is 0 Å². The summed E-state index contributed by atoms with van der Waals surface area (Å²) in [6, 6.07) is 10.3. The summed E-state index contributed by atoms with van der Waals surface area (Å²) in [5, 5.41) is 12.3. The van der Waals surface area contributed by atoms with E-state index in [-0.39, 0.29) is 18.1 Å². The monoisotopic (exact) mass is 305 g/mol.